The number of halogens is 1. The minimum Gasteiger partial charge on any atom is -0.507 e. The zero-order chi connectivity index (χ0) is 18.6. The number of hydrogen-bond acceptors (Lipinski definition) is 3. The highest BCUT2D eigenvalue weighted by atomic mass is 79.9. The van der Waals surface area contributed by atoms with Gasteiger partial charge in [-0.1, -0.05) is 76.6 Å². The van der Waals surface area contributed by atoms with Crippen molar-refractivity contribution in [1.82, 2.24) is 0 Å². The van der Waals surface area contributed by atoms with Crippen LogP contribution in [0.15, 0.2) is 88.3 Å². The zero-order valence-corrected chi connectivity index (χ0v) is 16.0. The van der Waals surface area contributed by atoms with Crippen LogP contribution in [0.5, 0.6) is 5.75 Å². The van der Waals surface area contributed by atoms with Gasteiger partial charge in [0.1, 0.15) is 11.4 Å². The van der Waals surface area contributed by atoms with Gasteiger partial charge in [0.15, 0.2) is 0 Å². The Balaban J connectivity index is 2.02. The number of aliphatic imine (C=N–C) groups is 1. The summed E-state index contributed by atoms with van der Waals surface area (Å²) in [5.41, 5.74) is 0.860. The van der Waals surface area contributed by atoms with E-state index in [1.54, 1.807) is 24.4 Å². The van der Waals surface area contributed by atoms with Crippen LogP contribution in [0, 0.1) is 0 Å². The van der Waals surface area contributed by atoms with Gasteiger partial charge in [0, 0.05) is 16.3 Å². The minimum absolute atomic E-state index is 0.145. The Bertz CT molecular complexity index is 855. The van der Waals surface area contributed by atoms with Crippen LogP contribution in [0.25, 0.3) is 0 Å². The van der Waals surface area contributed by atoms with E-state index in [-0.39, 0.29) is 5.75 Å². The van der Waals surface area contributed by atoms with Gasteiger partial charge in [-0.2, -0.15) is 0 Å². The van der Waals surface area contributed by atoms with E-state index in [4.69, 9.17) is 0 Å². The van der Waals surface area contributed by atoms with Crippen molar-refractivity contribution in [3.63, 3.8) is 0 Å². The summed E-state index contributed by atoms with van der Waals surface area (Å²) in [5, 5.41) is 21.6. The number of aromatic hydroxyl groups is 1. The van der Waals surface area contributed by atoms with E-state index in [0.717, 1.165) is 15.6 Å². The van der Waals surface area contributed by atoms with Gasteiger partial charge in [-0.25, -0.2) is 0 Å². The van der Waals surface area contributed by atoms with Gasteiger partial charge < -0.3 is 10.2 Å². The second kappa shape index (κ2) is 7.85. The summed E-state index contributed by atoms with van der Waals surface area (Å²) < 4.78 is 0.853. The normalized spacial score (nSPS) is 13.0. The van der Waals surface area contributed by atoms with Crippen molar-refractivity contribution in [3.8, 4) is 5.75 Å². The van der Waals surface area contributed by atoms with Crippen LogP contribution in [-0.4, -0.2) is 22.5 Å². The number of phenols is 1. The van der Waals surface area contributed by atoms with Gasteiger partial charge in [-0.05, 0) is 36.2 Å². The molecule has 0 heterocycles. The Morgan fingerprint density at radius 3 is 2.00 bits per heavy atom. The highest BCUT2D eigenvalue weighted by Gasteiger charge is 2.37. The first-order valence-electron chi connectivity index (χ1n) is 8.37. The third-order valence-electron chi connectivity index (χ3n) is 4.46. The average molecular weight is 410 g/mol. The van der Waals surface area contributed by atoms with Gasteiger partial charge in [-0.15, -0.1) is 0 Å². The highest BCUT2D eigenvalue weighted by Crippen LogP contribution is 2.34. The number of nitrogens with zero attached hydrogens (tertiary/aromatic N) is 1. The first kappa shape index (κ1) is 18.4. The van der Waals surface area contributed by atoms with Gasteiger partial charge in [0.25, 0.3) is 0 Å². The molecule has 1 atom stereocenters. The van der Waals surface area contributed by atoms with Crippen molar-refractivity contribution in [2.45, 2.75) is 18.6 Å². The number of benzene rings is 3. The van der Waals surface area contributed by atoms with Crippen molar-refractivity contribution in [3.05, 3.63) is 100 Å². The standard InChI is InChI=1S/C22H20BrNO2/c1-16(24-15-17-14-20(23)12-13-21(17)25)22(26,18-8-4-2-5-9-18)19-10-6-3-7-11-19/h2-16,25-26H,1H3/t16-/m1/s1. The second-order valence-corrected chi connectivity index (χ2v) is 7.07. The van der Waals surface area contributed by atoms with Crippen molar-refractivity contribution in [2.24, 2.45) is 4.99 Å². The van der Waals surface area contributed by atoms with Crippen LogP contribution in [0.1, 0.15) is 23.6 Å². The van der Waals surface area contributed by atoms with Crippen LogP contribution in [0.4, 0.5) is 0 Å². The van der Waals surface area contributed by atoms with Gasteiger partial charge in [-0.3, -0.25) is 4.99 Å². The number of phenolic OH excluding ortho intramolecular Hbond substituents is 1. The lowest BCUT2D eigenvalue weighted by Gasteiger charge is -2.33. The van der Waals surface area contributed by atoms with Crippen LogP contribution in [0.2, 0.25) is 0 Å². The lowest BCUT2D eigenvalue weighted by molar-refractivity contribution is 0.0589. The molecule has 0 aliphatic heterocycles. The molecule has 0 saturated carbocycles. The minimum atomic E-state index is -1.28. The monoisotopic (exact) mass is 409 g/mol. The molecule has 0 aliphatic carbocycles. The first-order chi connectivity index (χ1) is 12.5. The molecule has 0 spiro atoms. The maximum atomic E-state index is 11.6. The average Bonchev–Trinajstić information content (AvgIpc) is 2.69. The predicted octanol–water partition coefficient (Wildman–Crippen LogP) is 4.90. The summed E-state index contributed by atoms with van der Waals surface area (Å²) >= 11 is 3.39. The molecule has 3 rings (SSSR count). The highest BCUT2D eigenvalue weighted by molar-refractivity contribution is 9.10. The maximum Gasteiger partial charge on any atom is 0.137 e. The van der Waals surface area contributed by atoms with E-state index in [1.165, 1.54) is 0 Å². The van der Waals surface area contributed by atoms with Crippen LogP contribution >= 0.6 is 15.9 Å². The lowest BCUT2D eigenvalue weighted by Crippen LogP contribution is -2.38. The number of aliphatic hydroxyl groups is 1. The largest absolute Gasteiger partial charge is 0.507 e. The molecule has 0 aliphatic rings. The molecule has 3 nitrogen and oxygen atoms in total. The fraction of sp³-hybridized carbons (Fsp3) is 0.136. The molecule has 0 unspecified atom stereocenters. The molecule has 3 aromatic rings. The van der Waals surface area contributed by atoms with E-state index in [2.05, 4.69) is 20.9 Å². The quantitative estimate of drug-likeness (QED) is 0.588. The van der Waals surface area contributed by atoms with Crippen LogP contribution in [0.3, 0.4) is 0 Å². The maximum absolute atomic E-state index is 11.6. The zero-order valence-electron chi connectivity index (χ0n) is 14.4. The van der Waals surface area contributed by atoms with E-state index >= 15 is 0 Å². The Kier molecular flexibility index (Phi) is 5.55. The third-order valence-corrected chi connectivity index (χ3v) is 4.95. The predicted molar refractivity (Wildman–Crippen MR) is 109 cm³/mol. The molecule has 132 valence electrons. The number of rotatable bonds is 5. The molecule has 0 radical (unpaired) electrons. The summed E-state index contributed by atoms with van der Waals surface area (Å²) in [6.45, 7) is 1.87. The first-order valence-corrected chi connectivity index (χ1v) is 9.16. The van der Waals surface area contributed by atoms with Crippen LogP contribution < -0.4 is 0 Å². The molecule has 26 heavy (non-hydrogen) atoms. The van der Waals surface area contributed by atoms with E-state index in [9.17, 15) is 10.2 Å². The van der Waals surface area contributed by atoms with Crippen molar-refractivity contribution in [2.75, 3.05) is 0 Å². The Morgan fingerprint density at radius 1 is 0.923 bits per heavy atom. The third kappa shape index (κ3) is 3.71. The topological polar surface area (TPSA) is 52.8 Å². The van der Waals surface area contributed by atoms with Crippen molar-refractivity contribution >= 4 is 22.1 Å². The summed E-state index contributed by atoms with van der Waals surface area (Å²) in [6, 6.07) is 23.7. The van der Waals surface area contributed by atoms with E-state index in [1.807, 2.05) is 67.6 Å². The van der Waals surface area contributed by atoms with Gasteiger partial charge in [0.05, 0.1) is 6.04 Å². The molecule has 0 fully saturated rings. The fourth-order valence-electron chi connectivity index (χ4n) is 2.96. The molecule has 2 N–H and O–H groups in total. The SMILES string of the molecule is C[C@@H](N=Cc1cc(Br)ccc1O)C(O)(c1ccccc1)c1ccccc1. The fourth-order valence-corrected chi connectivity index (χ4v) is 3.34. The van der Waals surface area contributed by atoms with Crippen molar-refractivity contribution in [1.29, 1.82) is 0 Å². The Morgan fingerprint density at radius 2 is 1.46 bits per heavy atom. The second-order valence-electron chi connectivity index (χ2n) is 6.16. The molecule has 0 saturated heterocycles. The lowest BCUT2D eigenvalue weighted by atomic mass is 9.81. The molecule has 3 aromatic carbocycles. The van der Waals surface area contributed by atoms with Gasteiger partial charge >= 0.3 is 0 Å². The summed E-state index contributed by atoms with van der Waals surface area (Å²) in [4.78, 5) is 4.57. The van der Waals surface area contributed by atoms with Gasteiger partial charge in [0.2, 0.25) is 0 Å². The molecule has 4 heteroatoms. The number of hydrogen-bond donors (Lipinski definition) is 2. The Hall–Kier alpha value is -2.43. The summed E-state index contributed by atoms with van der Waals surface area (Å²) in [7, 11) is 0. The molecule has 0 amide bonds. The van der Waals surface area contributed by atoms with Crippen LogP contribution in [-0.2, 0) is 5.60 Å². The molecular weight excluding hydrogens is 390 g/mol. The Labute approximate surface area is 161 Å². The summed E-state index contributed by atoms with van der Waals surface area (Å²) in [6.07, 6.45) is 1.60. The van der Waals surface area contributed by atoms with E-state index < -0.39 is 11.6 Å². The smallest absolute Gasteiger partial charge is 0.137 e. The van der Waals surface area contributed by atoms with E-state index in [0.29, 0.717) is 5.56 Å². The summed E-state index contributed by atoms with van der Waals surface area (Å²) in [5.74, 6) is 0.145. The molecule has 0 bridgehead atoms. The van der Waals surface area contributed by atoms with Crippen molar-refractivity contribution < 1.29 is 10.2 Å². The molecular formula is C22H20BrNO2. The molecule has 0 aromatic heterocycles.